The predicted molar refractivity (Wildman–Crippen MR) is 143 cm³/mol. The van der Waals surface area contributed by atoms with Gasteiger partial charge in [-0.15, -0.1) is 0 Å². The number of aromatic nitrogens is 3. The van der Waals surface area contributed by atoms with Crippen LogP contribution in [0.4, 0.5) is 18.9 Å². The summed E-state index contributed by atoms with van der Waals surface area (Å²) in [5.41, 5.74) is -1.39. The summed E-state index contributed by atoms with van der Waals surface area (Å²) in [5, 5.41) is 0.501. The van der Waals surface area contributed by atoms with Crippen LogP contribution in [-0.2, 0) is 16.2 Å². The Balaban J connectivity index is 1.35. The molecule has 2 amide bonds. The number of aryl methyl sites for hydroxylation is 1. The van der Waals surface area contributed by atoms with Crippen molar-refractivity contribution in [2.45, 2.75) is 18.0 Å². The summed E-state index contributed by atoms with van der Waals surface area (Å²) in [4.78, 5) is 40.5. The normalized spacial score (nSPS) is 14.2. The van der Waals surface area contributed by atoms with Crippen molar-refractivity contribution in [3.63, 3.8) is 0 Å². The lowest BCUT2D eigenvalue weighted by Crippen LogP contribution is -2.50. The van der Waals surface area contributed by atoms with Gasteiger partial charge in [0, 0.05) is 49.5 Å². The lowest BCUT2D eigenvalue weighted by Gasteiger charge is -2.34. The zero-order valence-electron chi connectivity index (χ0n) is 21.6. The SMILES string of the molecule is Cc1cnc(C(=O)N2CCN(C(=O)c3ccc(NS(=O)(=O)c4cccc5cccnc45)c(C(F)(F)F)c3)CC2)cn1. The van der Waals surface area contributed by atoms with Crippen LogP contribution in [0.1, 0.15) is 32.1 Å². The maximum Gasteiger partial charge on any atom is 0.418 e. The van der Waals surface area contributed by atoms with E-state index < -0.39 is 33.4 Å². The second-order valence-corrected chi connectivity index (χ2v) is 11.0. The van der Waals surface area contributed by atoms with Crippen molar-refractivity contribution >= 4 is 38.4 Å². The van der Waals surface area contributed by atoms with Gasteiger partial charge in [0.1, 0.15) is 10.6 Å². The highest BCUT2D eigenvalue weighted by Crippen LogP contribution is 2.37. The molecule has 2 aromatic heterocycles. The largest absolute Gasteiger partial charge is 0.418 e. The molecule has 0 bridgehead atoms. The van der Waals surface area contributed by atoms with Crippen LogP contribution in [-0.4, -0.2) is 71.2 Å². The van der Waals surface area contributed by atoms with Crippen LogP contribution in [0.25, 0.3) is 10.9 Å². The number of anilines is 1. The van der Waals surface area contributed by atoms with Crippen molar-refractivity contribution < 1.29 is 31.2 Å². The van der Waals surface area contributed by atoms with Gasteiger partial charge in [0.2, 0.25) is 0 Å². The molecule has 41 heavy (non-hydrogen) atoms. The highest BCUT2D eigenvalue weighted by Gasteiger charge is 2.36. The smallest absolute Gasteiger partial charge is 0.335 e. The number of carbonyl (C=O) groups excluding carboxylic acids is 2. The summed E-state index contributed by atoms with van der Waals surface area (Å²) in [6.07, 6.45) is -0.755. The monoisotopic (exact) mass is 584 g/mol. The first-order valence-electron chi connectivity index (χ1n) is 12.4. The van der Waals surface area contributed by atoms with Gasteiger partial charge < -0.3 is 9.80 Å². The number of amides is 2. The molecule has 1 saturated heterocycles. The number of halogens is 3. The average molecular weight is 585 g/mol. The molecule has 212 valence electrons. The molecule has 0 radical (unpaired) electrons. The second-order valence-electron chi connectivity index (χ2n) is 9.32. The fourth-order valence-corrected chi connectivity index (χ4v) is 5.71. The molecule has 0 aliphatic carbocycles. The number of sulfonamides is 1. The van der Waals surface area contributed by atoms with Gasteiger partial charge in [-0.1, -0.05) is 18.2 Å². The third-order valence-corrected chi connectivity index (χ3v) is 7.95. The molecule has 1 fully saturated rings. The topological polar surface area (TPSA) is 125 Å². The summed E-state index contributed by atoms with van der Waals surface area (Å²) < 4.78 is 70.5. The van der Waals surface area contributed by atoms with Crippen LogP contribution in [0.15, 0.2) is 72.0 Å². The third kappa shape index (κ3) is 5.82. The van der Waals surface area contributed by atoms with E-state index in [-0.39, 0.29) is 53.8 Å². The molecule has 0 atom stereocenters. The number of carbonyl (C=O) groups is 2. The number of hydrogen-bond acceptors (Lipinski definition) is 7. The average Bonchev–Trinajstić information content (AvgIpc) is 2.96. The van der Waals surface area contributed by atoms with Gasteiger partial charge in [0.25, 0.3) is 21.8 Å². The second kappa shape index (κ2) is 10.8. The Morgan fingerprint density at radius 2 is 1.56 bits per heavy atom. The van der Waals surface area contributed by atoms with Crippen molar-refractivity contribution in [1.82, 2.24) is 24.8 Å². The van der Waals surface area contributed by atoms with E-state index in [1.165, 1.54) is 40.5 Å². The quantitative estimate of drug-likeness (QED) is 0.379. The fraction of sp³-hybridized carbons (Fsp3) is 0.222. The van der Waals surface area contributed by atoms with E-state index in [1.54, 1.807) is 25.1 Å². The van der Waals surface area contributed by atoms with Gasteiger partial charge in [-0.3, -0.25) is 24.3 Å². The summed E-state index contributed by atoms with van der Waals surface area (Å²) in [5.74, 6) is -1.03. The molecule has 14 heteroatoms. The van der Waals surface area contributed by atoms with Crippen LogP contribution < -0.4 is 4.72 Å². The van der Waals surface area contributed by atoms with E-state index in [4.69, 9.17) is 0 Å². The maximum absolute atomic E-state index is 14.1. The Morgan fingerprint density at radius 3 is 2.22 bits per heavy atom. The third-order valence-electron chi connectivity index (χ3n) is 6.56. The molecule has 0 unspecified atom stereocenters. The number of nitrogens with one attached hydrogen (secondary N) is 1. The molecule has 5 rings (SSSR count). The van der Waals surface area contributed by atoms with Gasteiger partial charge in [-0.05, 0) is 37.3 Å². The van der Waals surface area contributed by atoms with Crippen molar-refractivity contribution in [2.75, 3.05) is 30.9 Å². The Kier molecular flexibility index (Phi) is 7.34. The highest BCUT2D eigenvalue weighted by molar-refractivity contribution is 7.93. The number of pyridine rings is 1. The molecular weight excluding hydrogens is 561 g/mol. The Morgan fingerprint density at radius 1 is 0.878 bits per heavy atom. The predicted octanol–water partition coefficient (Wildman–Crippen LogP) is 3.75. The minimum absolute atomic E-state index is 0.0909. The standard InChI is InChI=1S/C27H23F3N6O4S/c1-17-15-33-22(16-32-17)26(38)36-12-10-35(11-13-36)25(37)19-7-8-21(20(14-19)27(28,29)30)34-41(39,40)23-6-2-4-18-5-3-9-31-24(18)23/h2-9,14-16,34H,10-13H2,1H3. The lowest BCUT2D eigenvalue weighted by molar-refractivity contribution is -0.136. The highest BCUT2D eigenvalue weighted by atomic mass is 32.2. The number of nitrogens with zero attached hydrogens (tertiary/aromatic N) is 5. The first-order valence-corrected chi connectivity index (χ1v) is 13.9. The van der Waals surface area contributed by atoms with Crippen LogP contribution in [0.5, 0.6) is 0 Å². The summed E-state index contributed by atoms with van der Waals surface area (Å²) in [6.45, 7) is 2.23. The summed E-state index contributed by atoms with van der Waals surface area (Å²) >= 11 is 0. The van der Waals surface area contributed by atoms with Crippen molar-refractivity contribution in [3.05, 3.63) is 89.6 Å². The van der Waals surface area contributed by atoms with Gasteiger partial charge >= 0.3 is 6.18 Å². The fourth-order valence-electron chi connectivity index (χ4n) is 4.45. The van der Waals surface area contributed by atoms with E-state index in [9.17, 15) is 31.2 Å². The molecule has 1 N–H and O–H groups in total. The molecule has 0 spiro atoms. The van der Waals surface area contributed by atoms with Gasteiger partial charge in [-0.2, -0.15) is 13.2 Å². The van der Waals surface area contributed by atoms with Gasteiger partial charge in [0.05, 0.1) is 28.7 Å². The lowest BCUT2D eigenvalue weighted by atomic mass is 10.1. The number of fused-ring (bicyclic) bond motifs is 1. The van der Waals surface area contributed by atoms with Crippen molar-refractivity contribution in [1.29, 1.82) is 0 Å². The first-order chi connectivity index (χ1) is 19.4. The minimum atomic E-state index is -4.97. The van der Waals surface area contributed by atoms with Crippen molar-refractivity contribution in [2.24, 2.45) is 0 Å². The Labute approximate surface area is 232 Å². The molecule has 1 aliphatic heterocycles. The van der Waals surface area contributed by atoms with Crippen LogP contribution in [0, 0.1) is 6.92 Å². The Bertz CT molecular complexity index is 1730. The number of rotatable bonds is 5. The van der Waals surface area contributed by atoms with E-state index in [1.807, 2.05) is 4.72 Å². The molecule has 3 heterocycles. The van der Waals surface area contributed by atoms with Gasteiger partial charge in [0.15, 0.2) is 0 Å². The van der Waals surface area contributed by atoms with E-state index >= 15 is 0 Å². The van der Waals surface area contributed by atoms with Crippen LogP contribution in [0.3, 0.4) is 0 Å². The van der Waals surface area contributed by atoms with Gasteiger partial charge in [-0.25, -0.2) is 13.4 Å². The van der Waals surface area contributed by atoms with E-state index in [0.717, 1.165) is 12.1 Å². The zero-order valence-corrected chi connectivity index (χ0v) is 22.4. The molecule has 4 aromatic rings. The number of benzene rings is 2. The van der Waals surface area contributed by atoms with E-state index in [2.05, 4.69) is 15.0 Å². The molecule has 2 aromatic carbocycles. The maximum atomic E-state index is 14.1. The number of hydrogen-bond donors (Lipinski definition) is 1. The Hall–Kier alpha value is -4.59. The molecular formula is C27H23F3N6O4S. The molecule has 1 aliphatic rings. The molecule has 0 saturated carbocycles. The van der Waals surface area contributed by atoms with E-state index in [0.29, 0.717) is 17.1 Å². The summed E-state index contributed by atoms with van der Waals surface area (Å²) in [6, 6.07) is 10.3. The number of para-hydroxylation sites is 1. The summed E-state index contributed by atoms with van der Waals surface area (Å²) in [7, 11) is -4.47. The van der Waals surface area contributed by atoms with Crippen molar-refractivity contribution in [3.8, 4) is 0 Å². The number of piperazine rings is 1. The zero-order chi connectivity index (χ0) is 29.4. The first kappa shape index (κ1) is 28.0. The minimum Gasteiger partial charge on any atom is -0.335 e. The van der Waals surface area contributed by atoms with Crippen LogP contribution >= 0.6 is 0 Å². The number of alkyl halides is 3. The molecule has 10 nitrogen and oxygen atoms in total. The van der Waals surface area contributed by atoms with Crippen LogP contribution in [0.2, 0.25) is 0 Å².